The molecule has 0 N–H and O–H groups in total. The third-order valence-corrected chi connectivity index (χ3v) is 5.31. The van der Waals surface area contributed by atoms with Crippen LogP contribution in [0.15, 0.2) is 78.2 Å². The van der Waals surface area contributed by atoms with Crippen LogP contribution in [0, 0.1) is 18.8 Å². The Morgan fingerprint density at radius 2 is 1.94 bits per heavy atom. The molecule has 31 heavy (non-hydrogen) atoms. The van der Waals surface area contributed by atoms with Crippen LogP contribution in [-0.2, 0) is 0 Å². The largest absolute Gasteiger partial charge is 0.274 e. The summed E-state index contributed by atoms with van der Waals surface area (Å²) in [6.07, 6.45) is 5.89. The molecule has 6 heteroatoms. The van der Waals surface area contributed by atoms with E-state index in [0.29, 0.717) is 17.7 Å². The second-order valence-electron chi connectivity index (χ2n) is 7.33. The van der Waals surface area contributed by atoms with Crippen molar-refractivity contribution in [3.63, 3.8) is 0 Å². The Balaban J connectivity index is 1.45. The fourth-order valence-electron chi connectivity index (χ4n) is 3.63. The van der Waals surface area contributed by atoms with Gasteiger partial charge in [0.1, 0.15) is 5.69 Å². The number of imidazole rings is 1. The maximum Gasteiger partial charge on any atom is 0.274 e. The van der Waals surface area contributed by atoms with Gasteiger partial charge >= 0.3 is 0 Å². The van der Waals surface area contributed by atoms with Gasteiger partial charge in [-0.3, -0.25) is 4.79 Å². The van der Waals surface area contributed by atoms with Crippen LogP contribution in [0.25, 0.3) is 5.65 Å². The van der Waals surface area contributed by atoms with Crippen molar-refractivity contribution in [3.8, 4) is 11.8 Å². The molecule has 0 aliphatic carbocycles. The first-order chi connectivity index (χ1) is 15.2. The van der Waals surface area contributed by atoms with Crippen LogP contribution in [0.3, 0.4) is 0 Å². The van der Waals surface area contributed by atoms with E-state index in [-0.39, 0.29) is 11.9 Å². The van der Waals surface area contributed by atoms with E-state index >= 15 is 0 Å². The van der Waals surface area contributed by atoms with Gasteiger partial charge in [-0.2, -0.15) is 10.2 Å². The normalized spacial score (nSPS) is 15.1. The lowest BCUT2D eigenvalue weighted by atomic mass is 10.0. The van der Waals surface area contributed by atoms with Crippen molar-refractivity contribution < 1.29 is 4.79 Å². The molecule has 1 aliphatic rings. The fourth-order valence-corrected chi connectivity index (χ4v) is 3.63. The number of carbonyl (C=O) groups is 1. The van der Waals surface area contributed by atoms with Gasteiger partial charge in [-0.1, -0.05) is 42.3 Å². The van der Waals surface area contributed by atoms with Crippen molar-refractivity contribution in [3.05, 3.63) is 101 Å². The molecular formula is C25H19N5O. The van der Waals surface area contributed by atoms with Crippen molar-refractivity contribution in [1.29, 1.82) is 0 Å². The minimum absolute atomic E-state index is 0.0891. The third-order valence-electron chi connectivity index (χ3n) is 5.31. The summed E-state index contributed by atoms with van der Waals surface area (Å²) in [5.41, 5.74) is 4.85. The van der Waals surface area contributed by atoms with Gasteiger partial charge in [0.2, 0.25) is 0 Å². The van der Waals surface area contributed by atoms with E-state index < -0.39 is 0 Å². The predicted molar refractivity (Wildman–Crippen MR) is 119 cm³/mol. The summed E-state index contributed by atoms with van der Waals surface area (Å²) in [6.45, 7) is 1.98. The molecule has 0 saturated carbocycles. The number of benzene rings is 2. The van der Waals surface area contributed by atoms with Gasteiger partial charge in [0.05, 0.1) is 12.2 Å². The Bertz CT molecular complexity index is 1360. The molecule has 1 unspecified atom stereocenters. The second-order valence-corrected chi connectivity index (χ2v) is 7.33. The number of rotatable bonds is 2. The maximum absolute atomic E-state index is 13.2. The summed E-state index contributed by atoms with van der Waals surface area (Å²) < 4.78 is 1.70. The lowest BCUT2D eigenvalue weighted by Crippen LogP contribution is -2.27. The molecule has 0 spiro atoms. The van der Waals surface area contributed by atoms with Crippen molar-refractivity contribution in [1.82, 2.24) is 19.6 Å². The summed E-state index contributed by atoms with van der Waals surface area (Å²) in [7, 11) is 0. The highest BCUT2D eigenvalue weighted by Crippen LogP contribution is 2.29. The molecule has 150 valence electrons. The minimum atomic E-state index is -0.137. The highest BCUT2D eigenvalue weighted by atomic mass is 16.2. The summed E-state index contributed by atoms with van der Waals surface area (Å²) in [5.74, 6) is 6.17. The minimum Gasteiger partial charge on any atom is -0.267 e. The van der Waals surface area contributed by atoms with Crippen LogP contribution in [-0.4, -0.2) is 31.7 Å². The van der Waals surface area contributed by atoms with Crippen LogP contribution in [0.4, 0.5) is 0 Å². The smallest absolute Gasteiger partial charge is 0.267 e. The molecular weight excluding hydrogens is 386 g/mol. The van der Waals surface area contributed by atoms with E-state index in [1.807, 2.05) is 67.6 Å². The van der Waals surface area contributed by atoms with Gasteiger partial charge in [-0.25, -0.2) is 14.5 Å². The molecule has 0 bridgehead atoms. The third kappa shape index (κ3) is 3.58. The van der Waals surface area contributed by atoms with Gasteiger partial charge in [-0.05, 0) is 48.2 Å². The molecule has 1 aliphatic heterocycles. The van der Waals surface area contributed by atoms with Crippen molar-refractivity contribution in [2.45, 2.75) is 19.4 Å². The number of hydrogen-bond donors (Lipinski definition) is 0. The SMILES string of the molecule is Cc1ccc(C(=O)N2N=CCC2c2ccccc2)cc1C#Cc1cnc2cccnn12. The van der Waals surface area contributed by atoms with E-state index in [1.165, 1.54) is 0 Å². The fraction of sp³-hybridized carbons (Fsp3) is 0.120. The van der Waals surface area contributed by atoms with Gasteiger partial charge in [0.15, 0.2) is 5.65 Å². The van der Waals surface area contributed by atoms with E-state index in [4.69, 9.17) is 0 Å². The average molecular weight is 405 g/mol. The Hall–Kier alpha value is -4.24. The molecule has 5 rings (SSSR count). The molecule has 0 fully saturated rings. The van der Waals surface area contributed by atoms with Gasteiger partial charge in [0, 0.05) is 30.0 Å². The molecule has 3 heterocycles. The lowest BCUT2D eigenvalue weighted by molar-refractivity contribution is 0.0711. The summed E-state index contributed by atoms with van der Waals surface area (Å²) >= 11 is 0. The first-order valence-electron chi connectivity index (χ1n) is 10.0. The summed E-state index contributed by atoms with van der Waals surface area (Å²) in [6, 6.07) is 19.2. The van der Waals surface area contributed by atoms with E-state index in [2.05, 4.69) is 27.0 Å². The average Bonchev–Trinajstić information content (AvgIpc) is 3.46. The second kappa shape index (κ2) is 7.88. The van der Waals surface area contributed by atoms with Crippen LogP contribution in [0.1, 0.15) is 45.2 Å². The number of nitrogens with zero attached hydrogens (tertiary/aromatic N) is 5. The maximum atomic E-state index is 13.2. The molecule has 1 atom stereocenters. The lowest BCUT2D eigenvalue weighted by Gasteiger charge is -2.22. The standard InChI is InChI=1S/C25H19N5O/c1-18-9-10-21(25(31)30-23(13-15-28-30)19-6-3-2-4-7-19)16-20(18)11-12-22-17-26-24-8-5-14-27-29(22)24/h2-10,14-17,23H,13H2,1H3. The Morgan fingerprint density at radius 1 is 1.06 bits per heavy atom. The van der Waals surface area contributed by atoms with Crippen molar-refractivity contribution in [2.24, 2.45) is 5.10 Å². The Kier molecular flexibility index (Phi) is 4.77. The van der Waals surface area contributed by atoms with Crippen LogP contribution in [0.2, 0.25) is 0 Å². The zero-order chi connectivity index (χ0) is 21.2. The molecule has 2 aromatic heterocycles. The zero-order valence-corrected chi connectivity index (χ0v) is 16.9. The molecule has 2 aromatic carbocycles. The highest BCUT2D eigenvalue weighted by Gasteiger charge is 2.29. The quantitative estimate of drug-likeness (QED) is 0.474. The molecule has 1 amide bonds. The first kappa shape index (κ1) is 18.8. The number of fused-ring (bicyclic) bond motifs is 1. The molecule has 0 saturated heterocycles. The number of hydrazone groups is 1. The van der Waals surface area contributed by atoms with Gasteiger partial charge in [-0.15, -0.1) is 0 Å². The highest BCUT2D eigenvalue weighted by molar-refractivity contribution is 5.96. The molecule has 0 radical (unpaired) electrons. The number of aryl methyl sites for hydroxylation is 1. The van der Waals surface area contributed by atoms with Crippen LogP contribution >= 0.6 is 0 Å². The van der Waals surface area contributed by atoms with Crippen LogP contribution < -0.4 is 0 Å². The number of aromatic nitrogens is 3. The van der Waals surface area contributed by atoms with Crippen molar-refractivity contribution >= 4 is 17.8 Å². The predicted octanol–water partition coefficient (Wildman–Crippen LogP) is 4.01. The number of hydrogen-bond acceptors (Lipinski definition) is 4. The Labute approximate surface area is 179 Å². The number of amides is 1. The van der Waals surface area contributed by atoms with E-state index in [0.717, 1.165) is 22.3 Å². The zero-order valence-electron chi connectivity index (χ0n) is 16.9. The summed E-state index contributed by atoms with van der Waals surface area (Å²) in [5, 5.41) is 10.2. The number of carbonyl (C=O) groups excluding carboxylic acids is 1. The summed E-state index contributed by atoms with van der Waals surface area (Å²) in [4.78, 5) is 17.6. The van der Waals surface area contributed by atoms with Crippen LogP contribution in [0.5, 0.6) is 0 Å². The Morgan fingerprint density at radius 3 is 2.81 bits per heavy atom. The van der Waals surface area contributed by atoms with Crippen molar-refractivity contribution in [2.75, 3.05) is 0 Å². The van der Waals surface area contributed by atoms with Gasteiger partial charge in [0.25, 0.3) is 5.91 Å². The topological polar surface area (TPSA) is 62.9 Å². The van der Waals surface area contributed by atoms with E-state index in [1.54, 1.807) is 28.1 Å². The molecule has 6 nitrogen and oxygen atoms in total. The molecule has 4 aromatic rings. The monoisotopic (exact) mass is 405 g/mol. The first-order valence-corrected chi connectivity index (χ1v) is 10.0. The van der Waals surface area contributed by atoms with E-state index in [9.17, 15) is 4.79 Å². The van der Waals surface area contributed by atoms with Gasteiger partial charge < -0.3 is 0 Å².